The summed E-state index contributed by atoms with van der Waals surface area (Å²) >= 11 is 8.14. The summed E-state index contributed by atoms with van der Waals surface area (Å²) in [5.41, 5.74) is 9.68. The van der Waals surface area contributed by atoms with E-state index in [2.05, 4.69) is 36.5 Å². The van der Waals surface area contributed by atoms with Gasteiger partial charge in [0.1, 0.15) is 12.7 Å². The van der Waals surface area contributed by atoms with Gasteiger partial charge in [-0.15, -0.1) is 0 Å². The summed E-state index contributed by atoms with van der Waals surface area (Å²) in [7, 11) is 0. The lowest BCUT2D eigenvalue weighted by Crippen LogP contribution is -2.27. The molecule has 0 amide bonds. The Morgan fingerprint density at radius 3 is 2.74 bits per heavy atom. The molecule has 0 saturated carbocycles. The van der Waals surface area contributed by atoms with E-state index in [1.165, 1.54) is 6.33 Å². The first-order chi connectivity index (χ1) is 9.15. The second-order valence-corrected chi connectivity index (χ2v) is 4.99. The number of hydrogen-bond acceptors (Lipinski definition) is 4. The SMILES string of the molecule is NC(=S)NN=C(Cn1cncn1)c1ccc(Br)cc1. The van der Waals surface area contributed by atoms with Gasteiger partial charge in [0.2, 0.25) is 0 Å². The minimum Gasteiger partial charge on any atom is -0.375 e. The normalized spacial score (nSPS) is 11.3. The van der Waals surface area contributed by atoms with Crippen molar-refractivity contribution in [3.63, 3.8) is 0 Å². The van der Waals surface area contributed by atoms with Crippen LogP contribution < -0.4 is 11.2 Å². The van der Waals surface area contributed by atoms with Gasteiger partial charge in [-0.3, -0.25) is 5.43 Å². The van der Waals surface area contributed by atoms with Gasteiger partial charge in [-0.25, -0.2) is 9.67 Å². The van der Waals surface area contributed by atoms with E-state index in [9.17, 15) is 0 Å². The van der Waals surface area contributed by atoms with E-state index < -0.39 is 0 Å². The number of halogens is 1. The van der Waals surface area contributed by atoms with Gasteiger partial charge in [0.05, 0.1) is 12.3 Å². The molecular weight excluding hydrogens is 328 g/mol. The van der Waals surface area contributed by atoms with Crippen LogP contribution in [0.4, 0.5) is 0 Å². The Hall–Kier alpha value is -1.80. The molecule has 0 atom stereocenters. The summed E-state index contributed by atoms with van der Waals surface area (Å²) in [5, 5.41) is 8.36. The minimum absolute atomic E-state index is 0.119. The number of nitrogens with two attached hydrogens (primary N) is 1. The van der Waals surface area contributed by atoms with Crippen molar-refractivity contribution in [3.8, 4) is 0 Å². The molecule has 0 spiro atoms. The lowest BCUT2D eigenvalue weighted by molar-refractivity contribution is 0.718. The number of benzene rings is 1. The highest BCUT2D eigenvalue weighted by atomic mass is 79.9. The molecule has 1 heterocycles. The van der Waals surface area contributed by atoms with Crippen LogP contribution in [0, 0.1) is 0 Å². The maximum absolute atomic E-state index is 5.39. The molecule has 19 heavy (non-hydrogen) atoms. The van der Waals surface area contributed by atoms with Crippen LogP contribution in [0.2, 0.25) is 0 Å². The second-order valence-electron chi connectivity index (χ2n) is 3.63. The standard InChI is InChI=1S/C11H11BrN6S/c12-9-3-1-8(2-4-9)10(16-17-11(13)19)5-18-7-14-6-15-18/h1-4,6-7H,5H2,(H3,13,17,19). The van der Waals surface area contributed by atoms with Gasteiger partial charge in [0.15, 0.2) is 5.11 Å². The van der Waals surface area contributed by atoms with E-state index in [1.807, 2.05) is 24.3 Å². The van der Waals surface area contributed by atoms with Crippen LogP contribution in [0.1, 0.15) is 5.56 Å². The fourth-order valence-electron chi connectivity index (χ4n) is 1.42. The van der Waals surface area contributed by atoms with Crippen LogP contribution in [0.15, 0.2) is 46.5 Å². The summed E-state index contributed by atoms with van der Waals surface area (Å²) in [5.74, 6) is 0. The van der Waals surface area contributed by atoms with Crippen molar-refractivity contribution in [2.24, 2.45) is 10.8 Å². The molecule has 0 aliphatic rings. The summed E-state index contributed by atoms with van der Waals surface area (Å²) < 4.78 is 2.67. The molecule has 2 rings (SSSR count). The zero-order valence-electron chi connectivity index (χ0n) is 9.82. The average molecular weight is 339 g/mol. The first kappa shape index (κ1) is 13.6. The predicted octanol–water partition coefficient (Wildman–Crippen LogP) is 1.28. The number of hydrazone groups is 1. The predicted molar refractivity (Wildman–Crippen MR) is 80.6 cm³/mol. The molecule has 2 aromatic rings. The Labute approximate surface area is 123 Å². The van der Waals surface area contributed by atoms with Crippen molar-refractivity contribution in [2.45, 2.75) is 6.54 Å². The number of rotatable bonds is 4. The number of nitrogens with zero attached hydrogens (tertiary/aromatic N) is 4. The molecule has 0 radical (unpaired) electrons. The molecule has 1 aromatic heterocycles. The molecule has 8 heteroatoms. The van der Waals surface area contributed by atoms with E-state index >= 15 is 0 Å². The third kappa shape index (κ3) is 4.11. The number of thiocarbonyl (C=S) groups is 1. The summed E-state index contributed by atoms with van der Waals surface area (Å²) in [6.07, 6.45) is 3.09. The fraction of sp³-hybridized carbons (Fsp3) is 0.0909. The third-order valence-corrected chi connectivity index (χ3v) is 2.88. The summed E-state index contributed by atoms with van der Waals surface area (Å²) in [6.45, 7) is 0.469. The lowest BCUT2D eigenvalue weighted by Gasteiger charge is -2.07. The zero-order valence-corrected chi connectivity index (χ0v) is 12.2. The molecule has 0 unspecified atom stereocenters. The fourth-order valence-corrected chi connectivity index (χ4v) is 1.73. The molecule has 0 aliphatic carbocycles. The van der Waals surface area contributed by atoms with Crippen LogP contribution in [0.3, 0.4) is 0 Å². The Morgan fingerprint density at radius 2 is 2.16 bits per heavy atom. The van der Waals surface area contributed by atoms with Crippen molar-refractivity contribution in [3.05, 3.63) is 47.0 Å². The number of nitrogens with one attached hydrogen (secondary N) is 1. The van der Waals surface area contributed by atoms with Gasteiger partial charge in [-0.1, -0.05) is 28.1 Å². The maximum atomic E-state index is 5.39. The van der Waals surface area contributed by atoms with Gasteiger partial charge in [-0.2, -0.15) is 10.2 Å². The quantitative estimate of drug-likeness (QED) is 0.498. The highest BCUT2D eigenvalue weighted by Gasteiger charge is 2.06. The summed E-state index contributed by atoms with van der Waals surface area (Å²) in [4.78, 5) is 3.90. The van der Waals surface area contributed by atoms with Crippen molar-refractivity contribution in [2.75, 3.05) is 0 Å². The maximum Gasteiger partial charge on any atom is 0.184 e. The van der Waals surface area contributed by atoms with E-state index in [-0.39, 0.29) is 5.11 Å². The highest BCUT2D eigenvalue weighted by Crippen LogP contribution is 2.11. The van der Waals surface area contributed by atoms with E-state index in [4.69, 9.17) is 18.0 Å². The van der Waals surface area contributed by atoms with Crippen LogP contribution in [0.25, 0.3) is 0 Å². The molecule has 6 nitrogen and oxygen atoms in total. The Balaban J connectivity index is 2.25. The first-order valence-electron chi connectivity index (χ1n) is 5.35. The number of aromatic nitrogens is 3. The molecular formula is C11H11BrN6S. The van der Waals surface area contributed by atoms with Crippen LogP contribution in [0.5, 0.6) is 0 Å². The van der Waals surface area contributed by atoms with Gasteiger partial charge in [0.25, 0.3) is 0 Å². The first-order valence-corrected chi connectivity index (χ1v) is 6.55. The van der Waals surface area contributed by atoms with Crippen molar-refractivity contribution >= 4 is 39.0 Å². The zero-order chi connectivity index (χ0) is 13.7. The molecule has 0 saturated heterocycles. The Bertz CT molecular complexity index is 578. The number of hydrogen-bond donors (Lipinski definition) is 2. The van der Waals surface area contributed by atoms with Gasteiger partial charge >= 0.3 is 0 Å². The van der Waals surface area contributed by atoms with Crippen molar-refractivity contribution in [1.82, 2.24) is 20.2 Å². The summed E-state index contributed by atoms with van der Waals surface area (Å²) in [6, 6.07) is 7.77. The van der Waals surface area contributed by atoms with Gasteiger partial charge in [-0.05, 0) is 29.9 Å². The molecule has 0 fully saturated rings. The van der Waals surface area contributed by atoms with Crippen LogP contribution in [-0.4, -0.2) is 25.6 Å². The van der Waals surface area contributed by atoms with E-state index in [0.717, 1.165) is 15.7 Å². The van der Waals surface area contributed by atoms with Gasteiger partial charge in [0, 0.05) is 4.47 Å². The average Bonchev–Trinajstić information content (AvgIpc) is 2.88. The molecule has 0 bridgehead atoms. The largest absolute Gasteiger partial charge is 0.375 e. The monoisotopic (exact) mass is 338 g/mol. The van der Waals surface area contributed by atoms with Crippen molar-refractivity contribution < 1.29 is 0 Å². The molecule has 3 N–H and O–H groups in total. The molecule has 1 aromatic carbocycles. The second kappa shape index (κ2) is 6.39. The topological polar surface area (TPSA) is 81.1 Å². The Morgan fingerprint density at radius 1 is 1.42 bits per heavy atom. The van der Waals surface area contributed by atoms with E-state index in [0.29, 0.717) is 6.54 Å². The van der Waals surface area contributed by atoms with Crippen LogP contribution in [-0.2, 0) is 6.54 Å². The molecule has 98 valence electrons. The van der Waals surface area contributed by atoms with Crippen LogP contribution >= 0.6 is 28.1 Å². The van der Waals surface area contributed by atoms with Crippen molar-refractivity contribution in [1.29, 1.82) is 0 Å². The Kier molecular flexibility index (Phi) is 4.58. The minimum atomic E-state index is 0.119. The third-order valence-electron chi connectivity index (χ3n) is 2.26. The van der Waals surface area contributed by atoms with Gasteiger partial charge < -0.3 is 5.73 Å². The smallest absolute Gasteiger partial charge is 0.184 e. The van der Waals surface area contributed by atoms with E-state index in [1.54, 1.807) is 11.0 Å². The lowest BCUT2D eigenvalue weighted by atomic mass is 10.1. The highest BCUT2D eigenvalue weighted by molar-refractivity contribution is 9.10. The molecule has 0 aliphatic heterocycles.